The second-order valence-electron chi connectivity index (χ2n) is 8.55. The molecule has 0 N–H and O–H groups in total. The van der Waals surface area contributed by atoms with E-state index < -0.39 is 0 Å². The second kappa shape index (κ2) is 8.80. The van der Waals surface area contributed by atoms with Crippen molar-refractivity contribution in [3.05, 3.63) is 65.0 Å². The first-order chi connectivity index (χ1) is 15.6. The van der Waals surface area contributed by atoms with Crippen molar-refractivity contribution in [1.82, 2.24) is 19.7 Å². The number of fused-ring (bicyclic) bond motifs is 1. The lowest BCUT2D eigenvalue weighted by molar-refractivity contribution is 0.0475. The lowest BCUT2D eigenvalue weighted by Crippen LogP contribution is -2.48. The maximum absolute atomic E-state index is 13.1. The van der Waals surface area contributed by atoms with Gasteiger partial charge in [-0.2, -0.15) is 0 Å². The molecule has 8 nitrogen and oxygen atoms in total. The molecule has 0 spiro atoms. The molecule has 2 fully saturated rings. The molecule has 5 rings (SSSR count). The van der Waals surface area contributed by atoms with Gasteiger partial charge in [-0.3, -0.25) is 29.2 Å². The minimum atomic E-state index is -0.337. The quantitative estimate of drug-likeness (QED) is 0.668. The number of amides is 3. The van der Waals surface area contributed by atoms with Crippen LogP contribution >= 0.6 is 0 Å². The molecule has 3 amide bonds. The molecular weight excluding hydrogens is 408 g/mol. The normalized spacial score (nSPS) is 21.3. The Balaban J connectivity index is 1.23. The van der Waals surface area contributed by atoms with Crippen LogP contribution in [0.1, 0.15) is 49.5 Å². The Labute approximate surface area is 186 Å². The van der Waals surface area contributed by atoms with Crippen LogP contribution in [0.2, 0.25) is 0 Å². The average molecular weight is 434 g/mol. The summed E-state index contributed by atoms with van der Waals surface area (Å²) in [5.41, 5.74) is 2.28. The standard InChI is InChI=1S/C24H26N4O4/c29-22(27-10-8-26(9-11-27)15-17-3-1-7-25-14-17)18-5-6-20-21(13-18)24(31)28(23(20)30)16-19-4-2-12-32-19/h1,3,5-7,13-14,19H,2,4,8-12,15-16H2. The van der Waals surface area contributed by atoms with E-state index in [0.29, 0.717) is 36.4 Å². The molecule has 0 radical (unpaired) electrons. The van der Waals surface area contributed by atoms with E-state index in [1.165, 1.54) is 4.90 Å². The summed E-state index contributed by atoms with van der Waals surface area (Å²) < 4.78 is 5.58. The van der Waals surface area contributed by atoms with Gasteiger partial charge < -0.3 is 9.64 Å². The van der Waals surface area contributed by atoms with Gasteiger partial charge in [0.05, 0.1) is 23.8 Å². The summed E-state index contributed by atoms with van der Waals surface area (Å²) >= 11 is 0. The van der Waals surface area contributed by atoms with Crippen molar-refractivity contribution in [2.75, 3.05) is 39.3 Å². The molecule has 2 aromatic rings. The number of hydrogen-bond acceptors (Lipinski definition) is 6. The van der Waals surface area contributed by atoms with Gasteiger partial charge in [0.2, 0.25) is 0 Å². The zero-order chi connectivity index (χ0) is 22.1. The number of rotatable bonds is 5. The summed E-state index contributed by atoms with van der Waals surface area (Å²) in [6, 6.07) is 8.82. The van der Waals surface area contributed by atoms with Crippen molar-refractivity contribution in [2.24, 2.45) is 0 Å². The third kappa shape index (κ3) is 4.03. The molecule has 1 atom stereocenters. The smallest absolute Gasteiger partial charge is 0.261 e. The lowest BCUT2D eigenvalue weighted by atomic mass is 10.0. The first kappa shape index (κ1) is 20.8. The molecule has 3 aliphatic heterocycles. The molecule has 3 aliphatic rings. The monoisotopic (exact) mass is 434 g/mol. The number of carbonyl (C=O) groups excluding carboxylic acids is 3. The number of pyridine rings is 1. The van der Waals surface area contributed by atoms with Crippen LogP contribution in [0, 0.1) is 0 Å². The number of benzene rings is 1. The third-order valence-electron chi connectivity index (χ3n) is 6.42. The zero-order valence-corrected chi connectivity index (χ0v) is 17.9. The molecule has 1 aromatic carbocycles. The maximum atomic E-state index is 13.1. The van der Waals surface area contributed by atoms with E-state index in [0.717, 1.165) is 38.0 Å². The van der Waals surface area contributed by atoms with Crippen molar-refractivity contribution in [1.29, 1.82) is 0 Å². The topological polar surface area (TPSA) is 83.0 Å². The molecule has 0 saturated carbocycles. The van der Waals surface area contributed by atoms with E-state index in [1.54, 1.807) is 24.4 Å². The molecular formula is C24H26N4O4. The van der Waals surface area contributed by atoms with E-state index in [-0.39, 0.29) is 30.4 Å². The van der Waals surface area contributed by atoms with E-state index in [2.05, 4.69) is 16.0 Å². The summed E-state index contributed by atoms with van der Waals surface area (Å²) in [6.07, 6.45) is 5.33. The highest BCUT2D eigenvalue weighted by Gasteiger charge is 2.38. The highest BCUT2D eigenvalue weighted by molar-refractivity contribution is 6.22. The summed E-state index contributed by atoms with van der Waals surface area (Å²) in [6.45, 7) is 4.54. The highest BCUT2D eigenvalue weighted by atomic mass is 16.5. The minimum absolute atomic E-state index is 0.0960. The Morgan fingerprint density at radius 1 is 1.06 bits per heavy atom. The fourth-order valence-electron chi connectivity index (χ4n) is 4.62. The molecule has 1 unspecified atom stereocenters. The first-order valence-corrected chi connectivity index (χ1v) is 11.1. The van der Waals surface area contributed by atoms with Crippen LogP contribution in [0.15, 0.2) is 42.7 Å². The predicted molar refractivity (Wildman–Crippen MR) is 116 cm³/mol. The van der Waals surface area contributed by atoms with Gasteiger partial charge in [0.25, 0.3) is 17.7 Å². The van der Waals surface area contributed by atoms with E-state index in [4.69, 9.17) is 4.74 Å². The van der Waals surface area contributed by atoms with Gasteiger partial charge in [0, 0.05) is 57.3 Å². The largest absolute Gasteiger partial charge is 0.376 e. The summed E-state index contributed by atoms with van der Waals surface area (Å²) in [7, 11) is 0. The molecule has 8 heteroatoms. The van der Waals surface area contributed by atoms with Crippen molar-refractivity contribution >= 4 is 17.7 Å². The third-order valence-corrected chi connectivity index (χ3v) is 6.42. The van der Waals surface area contributed by atoms with Crippen molar-refractivity contribution < 1.29 is 19.1 Å². The molecule has 0 bridgehead atoms. The average Bonchev–Trinajstić information content (AvgIpc) is 3.43. The van der Waals surface area contributed by atoms with Crippen LogP contribution in [0.3, 0.4) is 0 Å². The van der Waals surface area contributed by atoms with Gasteiger partial charge in [0.15, 0.2) is 0 Å². The fraction of sp³-hybridized carbons (Fsp3) is 0.417. The Bertz CT molecular complexity index is 1030. The van der Waals surface area contributed by atoms with Crippen molar-refractivity contribution in [3.63, 3.8) is 0 Å². The van der Waals surface area contributed by atoms with Gasteiger partial charge in [-0.1, -0.05) is 6.07 Å². The molecule has 166 valence electrons. The molecule has 0 aliphatic carbocycles. The van der Waals surface area contributed by atoms with Crippen LogP contribution < -0.4 is 0 Å². The Kier molecular flexibility index (Phi) is 5.71. The van der Waals surface area contributed by atoms with Crippen LogP contribution in [0.4, 0.5) is 0 Å². The van der Waals surface area contributed by atoms with Crippen molar-refractivity contribution in [3.8, 4) is 0 Å². The number of hydrogen-bond donors (Lipinski definition) is 0. The number of aromatic nitrogens is 1. The van der Waals surface area contributed by atoms with Gasteiger partial charge in [0.1, 0.15) is 0 Å². The Morgan fingerprint density at radius 3 is 2.59 bits per heavy atom. The van der Waals surface area contributed by atoms with E-state index in [9.17, 15) is 14.4 Å². The van der Waals surface area contributed by atoms with Gasteiger partial charge in [-0.25, -0.2) is 0 Å². The van der Waals surface area contributed by atoms with Crippen LogP contribution in [-0.4, -0.2) is 82.8 Å². The SMILES string of the molecule is O=C(c1ccc2c(c1)C(=O)N(CC1CCCO1)C2=O)N1CCN(Cc2cccnc2)CC1. The number of carbonyl (C=O) groups is 3. The lowest BCUT2D eigenvalue weighted by Gasteiger charge is -2.34. The van der Waals surface area contributed by atoms with E-state index in [1.807, 2.05) is 17.2 Å². The summed E-state index contributed by atoms with van der Waals surface area (Å²) in [5, 5.41) is 0. The second-order valence-corrected chi connectivity index (χ2v) is 8.55. The number of nitrogens with zero attached hydrogens (tertiary/aromatic N) is 4. The van der Waals surface area contributed by atoms with E-state index >= 15 is 0 Å². The minimum Gasteiger partial charge on any atom is -0.376 e. The first-order valence-electron chi connectivity index (χ1n) is 11.1. The summed E-state index contributed by atoms with van der Waals surface area (Å²) in [4.78, 5) is 48.2. The Morgan fingerprint density at radius 2 is 1.88 bits per heavy atom. The molecule has 32 heavy (non-hydrogen) atoms. The van der Waals surface area contributed by atoms with Crippen molar-refractivity contribution in [2.45, 2.75) is 25.5 Å². The van der Waals surface area contributed by atoms with Gasteiger partial charge in [-0.15, -0.1) is 0 Å². The maximum Gasteiger partial charge on any atom is 0.261 e. The zero-order valence-electron chi connectivity index (χ0n) is 17.9. The number of ether oxygens (including phenoxy) is 1. The predicted octanol–water partition coefficient (Wildman–Crippen LogP) is 1.81. The van der Waals surface area contributed by atoms with Gasteiger partial charge in [-0.05, 0) is 42.7 Å². The van der Waals surface area contributed by atoms with Crippen LogP contribution in [-0.2, 0) is 11.3 Å². The molecule has 2 saturated heterocycles. The number of piperazine rings is 1. The molecule has 4 heterocycles. The van der Waals surface area contributed by atoms with Crippen LogP contribution in [0.5, 0.6) is 0 Å². The highest BCUT2D eigenvalue weighted by Crippen LogP contribution is 2.26. The summed E-state index contributed by atoms with van der Waals surface area (Å²) in [5.74, 6) is -0.744. The molecule has 1 aromatic heterocycles. The van der Waals surface area contributed by atoms with Crippen LogP contribution in [0.25, 0.3) is 0 Å². The Hall–Kier alpha value is -3.10. The number of imide groups is 1. The fourth-order valence-corrected chi connectivity index (χ4v) is 4.62. The van der Waals surface area contributed by atoms with Gasteiger partial charge >= 0.3 is 0 Å².